The minimum absolute atomic E-state index is 0.404. The van der Waals surface area contributed by atoms with Crippen LogP contribution in [0.4, 0.5) is 5.82 Å². The van der Waals surface area contributed by atoms with Crippen LogP contribution in [-0.2, 0) is 20.1 Å². The fourth-order valence-electron chi connectivity index (χ4n) is 1.59. The summed E-state index contributed by atoms with van der Waals surface area (Å²) in [4.78, 5) is 10.5. The lowest BCUT2D eigenvalue weighted by Crippen LogP contribution is -2.18. The van der Waals surface area contributed by atoms with Crippen molar-refractivity contribution in [1.29, 1.82) is 0 Å². The van der Waals surface area contributed by atoms with Gasteiger partial charge in [-0.1, -0.05) is 0 Å². The fourth-order valence-corrected chi connectivity index (χ4v) is 1.59. The molecule has 0 bridgehead atoms. The molecule has 0 atom stereocenters. The standard InChI is InChI=1S/C11H16N6/c1-16(7-9-4-14-17(2)8-9)11-6-13-5-10(3-12)15-11/h4-6,8H,3,7,12H2,1-2H3. The predicted molar refractivity (Wildman–Crippen MR) is 65.2 cm³/mol. The highest BCUT2D eigenvalue weighted by Crippen LogP contribution is 2.11. The minimum atomic E-state index is 0.404. The normalized spacial score (nSPS) is 10.5. The molecule has 0 aliphatic heterocycles. The first-order chi connectivity index (χ1) is 8.19. The second-order valence-electron chi connectivity index (χ2n) is 3.95. The summed E-state index contributed by atoms with van der Waals surface area (Å²) in [5.74, 6) is 0.816. The summed E-state index contributed by atoms with van der Waals surface area (Å²) >= 11 is 0. The summed E-state index contributed by atoms with van der Waals surface area (Å²) in [6.07, 6.45) is 7.24. The third-order valence-corrected chi connectivity index (χ3v) is 2.45. The van der Waals surface area contributed by atoms with Crippen molar-refractivity contribution in [2.24, 2.45) is 12.8 Å². The lowest BCUT2D eigenvalue weighted by molar-refractivity contribution is 0.766. The van der Waals surface area contributed by atoms with E-state index in [4.69, 9.17) is 5.73 Å². The van der Waals surface area contributed by atoms with Gasteiger partial charge in [-0.25, -0.2) is 4.98 Å². The molecule has 2 N–H and O–H groups in total. The van der Waals surface area contributed by atoms with Crippen LogP contribution in [0.1, 0.15) is 11.3 Å². The van der Waals surface area contributed by atoms with Crippen LogP contribution in [-0.4, -0.2) is 26.8 Å². The quantitative estimate of drug-likeness (QED) is 0.821. The lowest BCUT2D eigenvalue weighted by Gasteiger charge is -2.17. The van der Waals surface area contributed by atoms with E-state index in [0.717, 1.165) is 23.6 Å². The molecule has 0 saturated heterocycles. The van der Waals surface area contributed by atoms with Gasteiger partial charge in [0.05, 0.1) is 18.1 Å². The van der Waals surface area contributed by atoms with Gasteiger partial charge in [-0.05, 0) is 0 Å². The largest absolute Gasteiger partial charge is 0.354 e. The number of aryl methyl sites for hydroxylation is 1. The molecule has 90 valence electrons. The monoisotopic (exact) mass is 232 g/mol. The molecule has 0 aromatic carbocycles. The SMILES string of the molecule is CN(Cc1cnn(C)c1)c1cncc(CN)n1. The van der Waals surface area contributed by atoms with Crippen LogP contribution in [0.5, 0.6) is 0 Å². The van der Waals surface area contributed by atoms with E-state index in [0.29, 0.717) is 6.54 Å². The average molecular weight is 232 g/mol. The Kier molecular flexibility index (Phi) is 3.34. The van der Waals surface area contributed by atoms with E-state index in [1.807, 2.05) is 31.4 Å². The van der Waals surface area contributed by atoms with Crippen molar-refractivity contribution in [2.45, 2.75) is 13.1 Å². The zero-order valence-electron chi connectivity index (χ0n) is 10.0. The Labute approximate surface area is 100 Å². The van der Waals surface area contributed by atoms with Crippen LogP contribution in [0, 0.1) is 0 Å². The van der Waals surface area contributed by atoms with E-state index in [-0.39, 0.29) is 0 Å². The predicted octanol–water partition coefficient (Wildman–Crippen LogP) is 0.305. The first-order valence-corrected chi connectivity index (χ1v) is 5.38. The highest BCUT2D eigenvalue weighted by molar-refractivity contribution is 5.36. The van der Waals surface area contributed by atoms with Crippen molar-refractivity contribution < 1.29 is 0 Å². The second-order valence-corrected chi connectivity index (χ2v) is 3.95. The number of anilines is 1. The summed E-state index contributed by atoms with van der Waals surface area (Å²) in [7, 11) is 3.87. The van der Waals surface area contributed by atoms with Crippen molar-refractivity contribution in [2.75, 3.05) is 11.9 Å². The van der Waals surface area contributed by atoms with Crippen LogP contribution in [0.3, 0.4) is 0 Å². The van der Waals surface area contributed by atoms with Crippen LogP contribution >= 0.6 is 0 Å². The summed E-state index contributed by atoms with van der Waals surface area (Å²) < 4.78 is 1.78. The Hall–Kier alpha value is -1.95. The van der Waals surface area contributed by atoms with E-state index < -0.39 is 0 Å². The molecule has 0 radical (unpaired) electrons. The van der Waals surface area contributed by atoms with Gasteiger partial charge in [-0.15, -0.1) is 0 Å². The Balaban J connectivity index is 2.11. The molecule has 0 unspecified atom stereocenters. The summed E-state index contributed by atoms with van der Waals surface area (Å²) in [5.41, 5.74) is 7.47. The first-order valence-electron chi connectivity index (χ1n) is 5.38. The number of hydrogen-bond donors (Lipinski definition) is 1. The summed E-state index contributed by atoms with van der Waals surface area (Å²) in [6, 6.07) is 0. The van der Waals surface area contributed by atoms with Crippen molar-refractivity contribution in [1.82, 2.24) is 19.7 Å². The van der Waals surface area contributed by atoms with Gasteiger partial charge >= 0.3 is 0 Å². The molecule has 0 saturated carbocycles. The Morgan fingerprint density at radius 2 is 2.18 bits per heavy atom. The zero-order valence-corrected chi connectivity index (χ0v) is 10.0. The molecule has 0 amide bonds. The number of nitrogens with two attached hydrogens (primary N) is 1. The number of nitrogens with zero attached hydrogens (tertiary/aromatic N) is 5. The van der Waals surface area contributed by atoms with E-state index in [1.54, 1.807) is 17.1 Å². The van der Waals surface area contributed by atoms with Crippen molar-refractivity contribution >= 4 is 5.82 Å². The Morgan fingerprint density at radius 1 is 1.35 bits per heavy atom. The molecule has 2 rings (SSSR count). The van der Waals surface area contributed by atoms with Gasteiger partial charge in [0.25, 0.3) is 0 Å². The third-order valence-electron chi connectivity index (χ3n) is 2.45. The minimum Gasteiger partial charge on any atom is -0.354 e. The Bertz CT molecular complexity index is 492. The summed E-state index contributed by atoms with van der Waals surface area (Å²) in [5, 5.41) is 4.13. The third kappa shape index (κ3) is 2.79. The average Bonchev–Trinajstić information content (AvgIpc) is 2.75. The van der Waals surface area contributed by atoms with Gasteiger partial charge in [0.15, 0.2) is 0 Å². The summed E-state index contributed by atoms with van der Waals surface area (Å²) in [6.45, 7) is 1.15. The van der Waals surface area contributed by atoms with Crippen LogP contribution < -0.4 is 10.6 Å². The van der Waals surface area contributed by atoms with Gasteiger partial charge in [0.2, 0.25) is 0 Å². The molecular weight excluding hydrogens is 216 g/mol. The molecule has 0 aliphatic carbocycles. The van der Waals surface area contributed by atoms with Crippen LogP contribution in [0.15, 0.2) is 24.8 Å². The fraction of sp³-hybridized carbons (Fsp3) is 0.364. The molecule has 2 aromatic rings. The maximum Gasteiger partial charge on any atom is 0.147 e. The van der Waals surface area contributed by atoms with Crippen LogP contribution in [0.25, 0.3) is 0 Å². The molecule has 0 aliphatic rings. The van der Waals surface area contributed by atoms with Gasteiger partial charge in [0, 0.05) is 45.1 Å². The number of hydrogen-bond acceptors (Lipinski definition) is 5. The molecule has 2 aromatic heterocycles. The molecular formula is C11H16N6. The van der Waals surface area contributed by atoms with E-state index >= 15 is 0 Å². The van der Waals surface area contributed by atoms with Gasteiger partial charge < -0.3 is 10.6 Å². The molecule has 6 heteroatoms. The topological polar surface area (TPSA) is 72.9 Å². The lowest BCUT2D eigenvalue weighted by atomic mass is 10.3. The molecule has 6 nitrogen and oxygen atoms in total. The van der Waals surface area contributed by atoms with E-state index in [9.17, 15) is 0 Å². The highest BCUT2D eigenvalue weighted by atomic mass is 15.2. The molecule has 2 heterocycles. The zero-order chi connectivity index (χ0) is 12.3. The van der Waals surface area contributed by atoms with E-state index in [2.05, 4.69) is 15.1 Å². The van der Waals surface area contributed by atoms with Gasteiger partial charge in [-0.3, -0.25) is 9.67 Å². The van der Waals surface area contributed by atoms with Gasteiger partial charge in [-0.2, -0.15) is 5.10 Å². The Morgan fingerprint density at radius 3 is 2.82 bits per heavy atom. The van der Waals surface area contributed by atoms with Crippen molar-refractivity contribution in [3.63, 3.8) is 0 Å². The number of aromatic nitrogens is 4. The maximum absolute atomic E-state index is 5.54. The van der Waals surface area contributed by atoms with Gasteiger partial charge in [0.1, 0.15) is 5.82 Å². The molecule has 0 fully saturated rings. The smallest absolute Gasteiger partial charge is 0.147 e. The molecule has 17 heavy (non-hydrogen) atoms. The van der Waals surface area contributed by atoms with Crippen LogP contribution in [0.2, 0.25) is 0 Å². The maximum atomic E-state index is 5.54. The van der Waals surface area contributed by atoms with Crippen molar-refractivity contribution in [3.05, 3.63) is 36.0 Å². The first kappa shape index (κ1) is 11.5. The highest BCUT2D eigenvalue weighted by Gasteiger charge is 2.06. The number of rotatable bonds is 4. The van der Waals surface area contributed by atoms with Crippen molar-refractivity contribution in [3.8, 4) is 0 Å². The second kappa shape index (κ2) is 4.92. The van der Waals surface area contributed by atoms with E-state index in [1.165, 1.54) is 0 Å². The molecule has 0 spiro atoms.